The van der Waals surface area contributed by atoms with Crippen LogP contribution in [0.1, 0.15) is 36.4 Å². The van der Waals surface area contributed by atoms with Crippen molar-refractivity contribution in [2.24, 2.45) is 0 Å². The third-order valence-corrected chi connectivity index (χ3v) is 4.63. The highest BCUT2D eigenvalue weighted by molar-refractivity contribution is 5.76. The van der Waals surface area contributed by atoms with Gasteiger partial charge >= 0.3 is 5.69 Å². The third kappa shape index (κ3) is 4.01. The van der Waals surface area contributed by atoms with E-state index in [1.165, 1.54) is 16.8 Å². The van der Waals surface area contributed by atoms with E-state index in [0.29, 0.717) is 19.0 Å². The van der Waals surface area contributed by atoms with Gasteiger partial charge < -0.3 is 9.47 Å². The molecular formula is C17H21N5O3. The Balaban J connectivity index is 1.54. The van der Waals surface area contributed by atoms with Gasteiger partial charge in [0.25, 0.3) is 5.56 Å². The first-order chi connectivity index (χ1) is 12.0. The van der Waals surface area contributed by atoms with Crippen molar-refractivity contribution in [2.45, 2.75) is 38.6 Å². The van der Waals surface area contributed by atoms with Crippen molar-refractivity contribution in [3.63, 3.8) is 0 Å². The summed E-state index contributed by atoms with van der Waals surface area (Å²) in [6.07, 6.45) is 6.80. The van der Waals surface area contributed by atoms with Crippen LogP contribution in [-0.4, -0.2) is 43.4 Å². The number of aryl methyl sites for hydroxylation is 2. The van der Waals surface area contributed by atoms with Gasteiger partial charge in [0.1, 0.15) is 6.33 Å². The number of hydrogen-bond donors (Lipinski definition) is 1. The fraction of sp³-hybridized carbons (Fsp3) is 0.471. The van der Waals surface area contributed by atoms with Gasteiger partial charge in [-0.2, -0.15) is 0 Å². The first-order valence-electron chi connectivity index (χ1n) is 8.38. The average Bonchev–Trinajstić information content (AvgIpc) is 2.61. The molecule has 1 fully saturated rings. The van der Waals surface area contributed by atoms with E-state index in [1.54, 1.807) is 6.33 Å². The van der Waals surface area contributed by atoms with Gasteiger partial charge in [0.05, 0.1) is 0 Å². The number of hydrogen-bond acceptors (Lipinski definition) is 5. The molecule has 0 aliphatic carbocycles. The maximum Gasteiger partial charge on any atom is 0.328 e. The Labute approximate surface area is 144 Å². The summed E-state index contributed by atoms with van der Waals surface area (Å²) in [5.41, 5.74) is 1.24. The number of aromatic amines is 1. The molecule has 1 aliphatic rings. The number of nitrogens with zero attached hydrogens (tertiary/aromatic N) is 4. The molecule has 132 valence electrons. The molecule has 2 aromatic rings. The van der Waals surface area contributed by atoms with Crippen LogP contribution in [0.2, 0.25) is 0 Å². The van der Waals surface area contributed by atoms with Gasteiger partial charge in [-0.15, -0.1) is 0 Å². The number of H-pyrrole nitrogens is 1. The molecule has 0 saturated carbocycles. The van der Waals surface area contributed by atoms with Crippen LogP contribution in [0.25, 0.3) is 0 Å². The Bertz CT molecular complexity index is 865. The number of likely N-dealkylation sites (tertiary alicyclic amines) is 1. The van der Waals surface area contributed by atoms with Crippen LogP contribution >= 0.6 is 0 Å². The summed E-state index contributed by atoms with van der Waals surface area (Å²) in [6, 6.07) is 1.28. The van der Waals surface area contributed by atoms with Crippen molar-refractivity contribution in [1.29, 1.82) is 0 Å². The highest BCUT2D eigenvalue weighted by atomic mass is 16.2. The maximum absolute atomic E-state index is 12.4. The molecular weight excluding hydrogens is 322 g/mol. The molecule has 1 aliphatic heterocycles. The Hall–Kier alpha value is -2.77. The molecule has 8 heteroatoms. The van der Waals surface area contributed by atoms with Gasteiger partial charge in [0.15, 0.2) is 0 Å². The molecule has 1 saturated heterocycles. The van der Waals surface area contributed by atoms with Crippen LogP contribution in [0.3, 0.4) is 0 Å². The zero-order chi connectivity index (χ0) is 17.8. The Morgan fingerprint density at radius 1 is 1.32 bits per heavy atom. The van der Waals surface area contributed by atoms with Crippen LogP contribution in [-0.2, 0) is 11.3 Å². The summed E-state index contributed by atoms with van der Waals surface area (Å²) in [7, 11) is 0. The summed E-state index contributed by atoms with van der Waals surface area (Å²) in [5, 5.41) is 0. The normalized spacial score (nSPS) is 15.3. The Morgan fingerprint density at radius 2 is 2.08 bits per heavy atom. The molecule has 3 rings (SSSR count). The molecule has 2 aromatic heterocycles. The van der Waals surface area contributed by atoms with Gasteiger partial charge in [0.2, 0.25) is 5.91 Å². The third-order valence-electron chi connectivity index (χ3n) is 4.63. The fourth-order valence-electron chi connectivity index (χ4n) is 3.23. The van der Waals surface area contributed by atoms with Crippen molar-refractivity contribution >= 4 is 5.91 Å². The van der Waals surface area contributed by atoms with E-state index < -0.39 is 11.2 Å². The predicted octanol–water partition coefficient (Wildman–Crippen LogP) is 0.431. The standard InChI is InChI=1S/C17H21N5O3/c1-12-10-18-11-19-16(12)13-2-6-21(7-3-13)15(24)5-9-22-8-4-14(23)20-17(22)25/h4,8,10-11,13H,2-3,5-7,9H2,1H3,(H,20,23,25). The minimum atomic E-state index is -0.488. The minimum absolute atomic E-state index is 0.0240. The number of carbonyl (C=O) groups excluding carboxylic acids is 1. The number of amides is 1. The van der Waals surface area contributed by atoms with Crippen LogP contribution < -0.4 is 11.2 Å². The molecule has 8 nitrogen and oxygen atoms in total. The van der Waals surface area contributed by atoms with Crippen molar-refractivity contribution in [3.8, 4) is 0 Å². The monoisotopic (exact) mass is 343 g/mol. The van der Waals surface area contributed by atoms with Crippen molar-refractivity contribution in [2.75, 3.05) is 13.1 Å². The second-order valence-corrected chi connectivity index (χ2v) is 6.30. The molecule has 0 radical (unpaired) electrons. The molecule has 0 bridgehead atoms. The lowest BCUT2D eigenvalue weighted by Gasteiger charge is -2.32. The van der Waals surface area contributed by atoms with Crippen LogP contribution in [0, 0.1) is 6.92 Å². The molecule has 25 heavy (non-hydrogen) atoms. The lowest BCUT2D eigenvalue weighted by molar-refractivity contribution is -0.132. The average molecular weight is 343 g/mol. The van der Waals surface area contributed by atoms with Gasteiger partial charge in [-0.25, -0.2) is 14.8 Å². The van der Waals surface area contributed by atoms with Crippen LogP contribution in [0.4, 0.5) is 0 Å². The first-order valence-corrected chi connectivity index (χ1v) is 8.38. The smallest absolute Gasteiger partial charge is 0.328 e. The summed E-state index contributed by atoms with van der Waals surface area (Å²) in [5.74, 6) is 0.379. The van der Waals surface area contributed by atoms with Crippen LogP contribution in [0.15, 0.2) is 34.4 Å². The maximum atomic E-state index is 12.4. The van der Waals surface area contributed by atoms with E-state index in [1.807, 2.05) is 18.0 Å². The van der Waals surface area contributed by atoms with E-state index >= 15 is 0 Å². The van der Waals surface area contributed by atoms with Crippen molar-refractivity contribution in [3.05, 3.63) is 56.9 Å². The van der Waals surface area contributed by atoms with E-state index in [9.17, 15) is 14.4 Å². The molecule has 1 N–H and O–H groups in total. The minimum Gasteiger partial charge on any atom is -0.343 e. The number of carbonyl (C=O) groups is 1. The zero-order valence-electron chi connectivity index (χ0n) is 14.1. The number of aromatic nitrogens is 4. The lowest BCUT2D eigenvalue weighted by Crippen LogP contribution is -2.39. The second kappa shape index (κ2) is 7.42. The van der Waals surface area contributed by atoms with Gasteiger partial charge in [0, 0.05) is 56.1 Å². The van der Waals surface area contributed by atoms with E-state index in [4.69, 9.17) is 0 Å². The molecule has 3 heterocycles. The number of nitrogens with one attached hydrogen (secondary N) is 1. The quantitative estimate of drug-likeness (QED) is 0.868. The topological polar surface area (TPSA) is 101 Å². The summed E-state index contributed by atoms with van der Waals surface area (Å²) in [6.45, 7) is 3.65. The van der Waals surface area contributed by atoms with Crippen LogP contribution in [0.5, 0.6) is 0 Å². The van der Waals surface area contributed by atoms with Crippen molar-refractivity contribution < 1.29 is 4.79 Å². The van der Waals surface area contributed by atoms with Gasteiger partial charge in [-0.05, 0) is 25.3 Å². The SMILES string of the molecule is Cc1cncnc1C1CCN(C(=O)CCn2ccc(=O)[nH]c2=O)CC1. The fourth-order valence-corrected chi connectivity index (χ4v) is 3.23. The number of piperidine rings is 1. The summed E-state index contributed by atoms with van der Waals surface area (Å²) >= 11 is 0. The van der Waals surface area contributed by atoms with E-state index in [0.717, 1.165) is 24.1 Å². The molecule has 1 amide bonds. The molecule has 0 atom stereocenters. The van der Waals surface area contributed by atoms with Crippen molar-refractivity contribution in [1.82, 2.24) is 24.4 Å². The Kier molecular flexibility index (Phi) is 5.06. The highest BCUT2D eigenvalue weighted by Gasteiger charge is 2.25. The largest absolute Gasteiger partial charge is 0.343 e. The molecule has 0 aromatic carbocycles. The van der Waals surface area contributed by atoms with E-state index in [-0.39, 0.29) is 18.9 Å². The second-order valence-electron chi connectivity index (χ2n) is 6.30. The molecule has 0 unspecified atom stereocenters. The summed E-state index contributed by atoms with van der Waals surface area (Å²) < 4.78 is 1.34. The Morgan fingerprint density at radius 3 is 2.76 bits per heavy atom. The molecule has 0 spiro atoms. The lowest BCUT2D eigenvalue weighted by atomic mass is 9.91. The van der Waals surface area contributed by atoms with E-state index in [2.05, 4.69) is 15.0 Å². The number of rotatable bonds is 4. The van der Waals surface area contributed by atoms with Gasteiger partial charge in [-0.1, -0.05) is 0 Å². The highest BCUT2D eigenvalue weighted by Crippen LogP contribution is 2.28. The predicted molar refractivity (Wildman–Crippen MR) is 91.3 cm³/mol. The first kappa shape index (κ1) is 17.1. The zero-order valence-corrected chi connectivity index (χ0v) is 14.1. The summed E-state index contributed by atoms with van der Waals surface area (Å²) in [4.78, 5) is 47.5. The van der Waals surface area contributed by atoms with Gasteiger partial charge in [-0.3, -0.25) is 14.6 Å².